The van der Waals surface area contributed by atoms with Gasteiger partial charge in [-0.05, 0) is 25.0 Å². The van der Waals surface area contributed by atoms with Crippen LogP contribution in [0.3, 0.4) is 0 Å². The van der Waals surface area contributed by atoms with E-state index in [-0.39, 0.29) is 0 Å². The van der Waals surface area contributed by atoms with Crippen molar-refractivity contribution in [1.82, 2.24) is 0 Å². The number of nitrogens with one attached hydrogen (secondary N) is 1. The Morgan fingerprint density at radius 2 is 1.50 bits per heavy atom. The van der Waals surface area contributed by atoms with Crippen LogP contribution in [0.15, 0.2) is 73.9 Å². The molecule has 0 fully saturated rings. The van der Waals surface area contributed by atoms with Gasteiger partial charge in [-0.2, -0.15) is 0 Å². The van der Waals surface area contributed by atoms with Crippen molar-refractivity contribution in [2.24, 2.45) is 0 Å². The highest BCUT2D eigenvalue weighted by atomic mass is 14.4. The molecule has 0 bridgehead atoms. The summed E-state index contributed by atoms with van der Waals surface area (Å²) in [5.74, 6) is 0. The van der Waals surface area contributed by atoms with Gasteiger partial charge in [-0.1, -0.05) is 49.6 Å². The average molecular weight is 215 g/mol. The van der Waals surface area contributed by atoms with Gasteiger partial charge in [0, 0.05) is 0 Å². The highest BCUT2D eigenvalue weighted by Gasteiger charge is 2.02. The SMILES string of the molecule is C=C.C=C/C(=C\C)C(=N)/C(C=C)=C/C=C\C. The van der Waals surface area contributed by atoms with E-state index in [1.165, 1.54) is 0 Å². The minimum Gasteiger partial charge on any atom is -0.300 e. The first-order valence-electron chi connectivity index (χ1n) is 5.04. The zero-order valence-corrected chi connectivity index (χ0v) is 10.3. The Labute approximate surface area is 99.4 Å². The molecule has 0 saturated heterocycles. The molecule has 86 valence electrons. The van der Waals surface area contributed by atoms with Crippen LogP contribution in [0.5, 0.6) is 0 Å². The molecule has 0 aliphatic carbocycles. The topological polar surface area (TPSA) is 23.9 Å². The molecule has 0 aliphatic heterocycles. The Morgan fingerprint density at radius 1 is 1.00 bits per heavy atom. The van der Waals surface area contributed by atoms with E-state index in [2.05, 4.69) is 26.3 Å². The summed E-state index contributed by atoms with van der Waals surface area (Å²) in [5.41, 5.74) is 2.08. The van der Waals surface area contributed by atoms with E-state index >= 15 is 0 Å². The molecule has 0 aliphatic rings. The Hall–Kier alpha value is -1.89. The van der Waals surface area contributed by atoms with Crippen molar-refractivity contribution in [3.05, 3.63) is 73.9 Å². The van der Waals surface area contributed by atoms with Crippen molar-refractivity contribution in [3.63, 3.8) is 0 Å². The first-order chi connectivity index (χ1) is 7.71. The Bertz CT molecular complexity index is 327. The van der Waals surface area contributed by atoms with E-state index < -0.39 is 0 Å². The summed E-state index contributed by atoms with van der Waals surface area (Å²) < 4.78 is 0. The number of allylic oxidation sites excluding steroid dienone is 8. The lowest BCUT2D eigenvalue weighted by Gasteiger charge is -2.04. The highest BCUT2D eigenvalue weighted by Crippen LogP contribution is 2.09. The first-order valence-corrected chi connectivity index (χ1v) is 5.04. The number of rotatable bonds is 5. The lowest BCUT2D eigenvalue weighted by atomic mass is 10.0. The van der Waals surface area contributed by atoms with Crippen molar-refractivity contribution < 1.29 is 0 Å². The zero-order chi connectivity index (χ0) is 13.0. The van der Waals surface area contributed by atoms with Gasteiger partial charge in [0.25, 0.3) is 0 Å². The normalized spacial score (nSPS) is 11.6. The molecule has 0 aromatic heterocycles. The molecule has 0 amide bonds. The monoisotopic (exact) mass is 215 g/mol. The van der Waals surface area contributed by atoms with E-state index in [9.17, 15) is 0 Å². The van der Waals surface area contributed by atoms with E-state index in [0.717, 1.165) is 11.1 Å². The van der Waals surface area contributed by atoms with Gasteiger partial charge >= 0.3 is 0 Å². The van der Waals surface area contributed by atoms with Gasteiger partial charge in [0.05, 0.1) is 5.71 Å². The third-order valence-electron chi connectivity index (χ3n) is 1.80. The van der Waals surface area contributed by atoms with Crippen LogP contribution in [0.2, 0.25) is 0 Å². The Balaban J connectivity index is 0. The first kappa shape index (κ1) is 16.5. The van der Waals surface area contributed by atoms with Crippen LogP contribution >= 0.6 is 0 Å². The van der Waals surface area contributed by atoms with E-state index in [1.54, 1.807) is 12.2 Å². The molecular weight excluding hydrogens is 194 g/mol. The molecule has 0 aromatic rings. The van der Waals surface area contributed by atoms with Crippen LogP contribution in [0.1, 0.15) is 13.8 Å². The fourth-order valence-corrected chi connectivity index (χ4v) is 0.984. The summed E-state index contributed by atoms with van der Waals surface area (Å²) >= 11 is 0. The van der Waals surface area contributed by atoms with Crippen LogP contribution in [0, 0.1) is 5.41 Å². The summed E-state index contributed by atoms with van der Waals surface area (Å²) in [7, 11) is 0. The van der Waals surface area contributed by atoms with Crippen molar-refractivity contribution in [2.75, 3.05) is 0 Å². The lowest BCUT2D eigenvalue weighted by molar-refractivity contribution is 1.46. The zero-order valence-electron chi connectivity index (χ0n) is 10.3. The highest BCUT2D eigenvalue weighted by molar-refractivity contribution is 6.13. The van der Waals surface area contributed by atoms with E-state index in [4.69, 9.17) is 5.41 Å². The number of hydrogen-bond donors (Lipinski definition) is 1. The van der Waals surface area contributed by atoms with Crippen molar-refractivity contribution in [2.45, 2.75) is 13.8 Å². The van der Waals surface area contributed by atoms with Gasteiger partial charge in [-0.3, -0.25) is 5.41 Å². The minimum absolute atomic E-state index is 0.454. The molecule has 0 radical (unpaired) electrons. The van der Waals surface area contributed by atoms with Crippen molar-refractivity contribution in [3.8, 4) is 0 Å². The fourth-order valence-electron chi connectivity index (χ4n) is 0.984. The quantitative estimate of drug-likeness (QED) is 0.393. The Morgan fingerprint density at radius 3 is 1.81 bits per heavy atom. The maximum Gasteiger partial charge on any atom is 0.0680 e. The second-order valence-electron chi connectivity index (χ2n) is 2.68. The maximum atomic E-state index is 7.87. The second-order valence-corrected chi connectivity index (χ2v) is 2.68. The van der Waals surface area contributed by atoms with E-state index in [1.807, 2.05) is 38.2 Å². The Kier molecular flexibility index (Phi) is 11.6. The van der Waals surface area contributed by atoms with Crippen LogP contribution in [-0.4, -0.2) is 5.71 Å². The molecule has 1 N–H and O–H groups in total. The molecule has 0 unspecified atom stereocenters. The smallest absolute Gasteiger partial charge is 0.0680 e. The van der Waals surface area contributed by atoms with E-state index in [0.29, 0.717) is 5.71 Å². The van der Waals surface area contributed by atoms with Crippen LogP contribution in [0.25, 0.3) is 0 Å². The van der Waals surface area contributed by atoms with Gasteiger partial charge in [-0.25, -0.2) is 0 Å². The van der Waals surface area contributed by atoms with Gasteiger partial charge in [0.2, 0.25) is 0 Å². The molecule has 0 rings (SSSR count). The van der Waals surface area contributed by atoms with Gasteiger partial charge in [0.1, 0.15) is 0 Å². The van der Waals surface area contributed by atoms with Crippen molar-refractivity contribution in [1.29, 1.82) is 5.41 Å². The largest absolute Gasteiger partial charge is 0.300 e. The minimum atomic E-state index is 0.454. The molecule has 0 aromatic carbocycles. The molecule has 0 heterocycles. The van der Waals surface area contributed by atoms with Crippen LogP contribution in [0.4, 0.5) is 0 Å². The van der Waals surface area contributed by atoms with Crippen LogP contribution in [-0.2, 0) is 0 Å². The van der Waals surface area contributed by atoms with Gasteiger partial charge in [0.15, 0.2) is 0 Å². The van der Waals surface area contributed by atoms with Crippen molar-refractivity contribution >= 4 is 5.71 Å². The summed E-state index contributed by atoms with van der Waals surface area (Å²) in [6.07, 6.45) is 10.9. The summed E-state index contributed by atoms with van der Waals surface area (Å²) in [6, 6.07) is 0. The predicted octanol–water partition coefficient (Wildman–Crippen LogP) is 4.63. The molecule has 0 spiro atoms. The summed E-state index contributed by atoms with van der Waals surface area (Å²) in [6.45, 7) is 17.2. The third kappa shape index (κ3) is 5.76. The summed E-state index contributed by atoms with van der Waals surface area (Å²) in [5, 5.41) is 7.87. The third-order valence-corrected chi connectivity index (χ3v) is 1.80. The van der Waals surface area contributed by atoms with Crippen LogP contribution < -0.4 is 0 Å². The molecule has 1 nitrogen and oxygen atoms in total. The molecule has 16 heavy (non-hydrogen) atoms. The average Bonchev–Trinajstić information content (AvgIpc) is 2.34. The summed E-state index contributed by atoms with van der Waals surface area (Å²) in [4.78, 5) is 0. The molecule has 0 saturated carbocycles. The second kappa shape index (κ2) is 11.2. The maximum absolute atomic E-state index is 7.87. The molecular formula is C15H21N. The lowest BCUT2D eigenvalue weighted by Crippen LogP contribution is -2.01. The predicted molar refractivity (Wildman–Crippen MR) is 76.0 cm³/mol. The fraction of sp³-hybridized carbons (Fsp3) is 0.133. The number of hydrogen-bond acceptors (Lipinski definition) is 1. The van der Waals surface area contributed by atoms with Gasteiger partial charge < -0.3 is 0 Å². The standard InChI is InChI=1S/C13H17N.C2H4/c1-5-9-10-12(8-4)13(14)11(6-2)7-3;1-2/h5-10,14H,2,4H2,1,3H3;1-2H2/b9-5-,11-7+,12-10+,14-13?;. The van der Waals surface area contributed by atoms with Gasteiger partial charge in [-0.15, -0.1) is 13.2 Å². The molecule has 0 atom stereocenters. The molecule has 1 heteroatoms.